The number of aromatic hydroxyl groups is 1. The number of allylic oxidation sites excluding steroid dienone is 2. The molecule has 0 aromatic heterocycles. The number of rotatable bonds is 5. The molecule has 2 amide bonds. The summed E-state index contributed by atoms with van der Waals surface area (Å²) in [7, 11) is 0. The second-order valence-corrected chi connectivity index (χ2v) is 9.30. The number of carbonyl (C=O) groups is 2. The second kappa shape index (κ2) is 11.0. The van der Waals surface area contributed by atoms with Crippen LogP contribution in [-0.4, -0.2) is 16.9 Å². The van der Waals surface area contributed by atoms with Crippen LogP contribution in [0, 0.1) is 0 Å². The second-order valence-electron chi connectivity index (χ2n) is 9.30. The molecule has 0 spiro atoms. The van der Waals surface area contributed by atoms with E-state index in [2.05, 4.69) is 16.0 Å². The summed E-state index contributed by atoms with van der Waals surface area (Å²) in [5.41, 5.74) is -1.53. The number of dihydropyridines is 1. The fraction of sp³-hybridized carbons (Fsp3) is 0.172. The van der Waals surface area contributed by atoms with Crippen molar-refractivity contribution >= 4 is 23.2 Å². The van der Waals surface area contributed by atoms with E-state index < -0.39 is 41.2 Å². The molecular weight excluding hydrogens is 552 g/mol. The van der Waals surface area contributed by atoms with Crippen LogP contribution in [0.15, 0.2) is 95.3 Å². The zero-order valence-electron chi connectivity index (χ0n) is 21.5. The predicted molar refractivity (Wildman–Crippen MR) is 140 cm³/mol. The molecule has 0 atom stereocenters. The summed E-state index contributed by atoms with van der Waals surface area (Å²) < 4.78 is 79.4. The number of phenolic OH excluding ortho intramolecular Hbond substituents is 1. The number of amides is 2. The molecule has 6 nitrogen and oxygen atoms in total. The Bertz CT molecular complexity index is 1480. The molecule has 4 N–H and O–H groups in total. The van der Waals surface area contributed by atoms with Gasteiger partial charge in [-0.25, -0.2) is 0 Å². The van der Waals surface area contributed by atoms with E-state index >= 15 is 0 Å². The maximum atomic E-state index is 13.6. The van der Waals surface area contributed by atoms with Gasteiger partial charge in [0.1, 0.15) is 5.75 Å². The molecule has 0 saturated carbocycles. The van der Waals surface area contributed by atoms with Crippen molar-refractivity contribution in [2.24, 2.45) is 0 Å². The van der Waals surface area contributed by atoms with Crippen LogP contribution < -0.4 is 16.0 Å². The molecule has 3 aromatic rings. The number of halogens is 6. The van der Waals surface area contributed by atoms with E-state index in [9.17, 15) is 41.0 Å². The summed E-state index contributed by atoms with van der Waals surface area (Å²) in [4.78, 5) is 27.1. The van der Waals surface area contributed by atoms with Crippen LogP contribution in [0.4, 0.5) is 37.7 Å². The lowest BCUT2D eigenvalue weighted by Crippen LogP contribution is -2.35. The Morgan fingerprint density at radius 2 is 1.15 bits per heavy atom. The van der Waals surface area contributed by atoms with Gasteiger partial charge < -0.3 is 21.1 Å². The summed E-state index contributed by atoms with van der Waals surface area (Å²) in [6, 6.07) is 13.7. The van der Waals surface area contributed by atoms with Gasteiger partial charge in [0, 0.05) is 39.8 Å². The number of hydrogen-bond acceptors (Lipinski definition) is 4. The van der Waals surface area contributed by atoms with Crippen molar-refractivity contribution < 1.29 is 41.0 Å². The van der Waals surface area contributed by atoms with E-state index in [1.807, 2.05) is 0 Å². The third-order valence-electron chi connectivity index (χ3n) is 6.35. The molecule has 1 aliphatic rings. The Morgan fingerprint density at radius 1 is 0.707 bits per heavy atom. The summed E-state index contributed by atoms with van der Waals surface area (Å²) in [5.74, 6) is -3.01. The average molecular weight is 576 g/mol. The van der Waals surface area contributed by atoms with Crippen molar-refractivity contribution in [3.8, 4) is 5.75 Å². The number of alkyl halides is 6. The van der Waals surface area contributed by atoms with Gasteiger partial charge in [-0.3, -0.25) is 9.59 Å². The van der Waals surface area contributed by atoms with Gasteiger partial charge in [-0.05, 0) is 67.9 Å². The summed E-state index contributed by atoms with van der Waals surface area (Å²) in [6.45, 7) is 3.06. The third-order valence-corrected chi connectivity index (χ3v) is 6.35. The number of phenols is 1. The Balaban J connectivity index is 1.75. The van der Waals surface area contributed by atoms with Crippen molar-refractivity contribution in [1.82, 2.24) is 5.32 Å². The number of carbonyl (C=O) groups excluding carboxylic acids is 2. The molecule has 1 heterocycles. The summed E-state index contributed by atoms with van der Waals surface area (Å²) in [5, 5.41) is 17.9. The number of benzene rings is 3. The fourth-order valence-electron chi connectivity index (χ4n) is 4.58. The van der Waals surface area contributed by atoms with Crippen LogP contribution in [0.3, 0.4) is 0 Å². The normalized spacial score (nSPS) is 14.5. The van der Waals surface area contributed by atoms with Crippen LogP contribution in [0.2, 0.25) is 0 Å². The van der Waals surface area contributed by atoms with E-state index in [0.29, 0.717) is 0 Å². The Labute approximate surface area is 230 Å². The predicted octanol–water partition coefficient (Wildman–Crippen LogP) is 6.94. The minimum atomic E-state index is -4.65. The highest BCUT2D eigenvalue weighted by Gasteiger charge is 2.37. The Kier molecular flexibility index (Phi) is 7.87. The van der Waals surface area contributed by atoms with Crippen LogP contribution >= 0.6 is 0 Å². The van der Waals surface area contributed by atoms with Gasteiger partial charge in [0.05, 0.1) is 11.1 Å². The molecule has 0 unspecified atom stereocenters. The van der Waals surface area contributed by atoms with E-state index in [1.165, 1.54) is 50.2 Å². The SMILES string of the molecule is CC1=C(C(=O)Nc2cccc(C(F)(F)F)c2)C(c2cccc(O)c2)C(C(=O)Nc2cccc(C(F)(F)F)c2)=C(C)N1. The average Bonchev–Trinajstić information content (AvgIpc) is 2.87. The molecule has 41 heavy (non-hydrogen) atoms. The highest BCUT2D eigenvalue weighted by Crippen LogP contribution is 2.40. The maximum Gasteiger partial charge on any atom is 0.416 e. The van der Waals surface area contributed by atoms with Gasteiger partial charge in [-0.15, -0.1) is 0 Å². The van der Waals surface area contributed by atoms with Crippen LogP contribution in [0.25, 0.3) is 0 Å². The molecule has 0 saturated heterocycles. The first-order valence-electron chi connectivity index (χ1n) is 12.1. The van der Waals surface area contributed by atoms with Gasteiger partial charge in [-0.2, -0.15) is 26.3 Å². The van der Waals surface area contributed by atoms with Gasteiger partial charge >= 0.3 is 12.4 Å². The summed E-state index contributed by atoms with van der Waals surface area (Å²) >= 11 is 0. The first-order valence-corrected chi connectivity index (χ1v) is 12.1. The van der Waals surface area contributed by atoms with Crippen molar-refractivity contribution in [1.29, 1.82) is 0 Å². The zero-order valence-corrected chi connectivity index (χ0v) is 21.5. The number of nitrogens with one attached hydrogen (secondary N) is 3. The number of hydrogen-bond donors (Lipinski definition) is 4. The Morgan fingerprint density at radius 3 is 1.56 bits per heavy atom. The highest BCUT2D eigenvalue weighted by atomic mass is 19.4. The lowest BCUT2D eigenvalue weighted by molar-refractivity contribution is -0.138. The minimum Gasteiger partial charge on any atom is -0.508 e. The smallest absolute Gasteiger partial charge is 0.416 e. The van der Waals surface area contributed by atoms with Gasteiger partial charge in [-0.1, -0.05) is 24.3 Å². The van der Waals surface area contributed by atoms with Gasteiger partial charge in [0.15, 0.2) is 0 Å². The molecule has 0 bridgehead atoms. The largest absolute Gasteiger partial charge is 0.508 e. The van der Waals surface area contributed by atoms with E-state index in [4.69, 9.17) is 0 Å². The first-order chi connectivity index (χ1) is 19.1. The van der Waals surface area contributed by atoms with Crippen LogP contribution in [-0.2, 0) is 21.9 Å². The molecule has 12 heteroatoms. The quantitative estimate of drug-likeness (QED) is 0.248. The highest BCUT2D eigenvalue weighted by molar-refractivity contribution is 6.12. The van der Waals surface area contributed by atoms with Crippen molar-refractivity contribution in [3.05, 3.63) is 112 Å². The number of anilines is 2. The third kappa shape index (κ3) is 6.53. The van der Waals surface area contributed by atoms with Gasteiger partial charge in [0.25, 0.3) is 11.8 Å². The molecule has 4 rings (SSSR count). The van der Waals surface area contributed by atoms with Crippen LogP contribution in [0.1, 0.15) is 36.5 Å². The fourth-order valence-corrected chi connectivity index (χ4v) is 4.58. The molecule has 0 aliphatic carbocycles. The maximum absolute atomic E-state index is 13.6. The monoisotopic (exact) mass is 575 g/mol. The lowest BCUT2D eigenvalue weighted by atomic mass is 9.79. The standard InChI is InChI=1S/C29H23F6N3O3/c1-15-23(26(40)37-20-9-4-7-18(13-20)28(30,31)32)25(17-6-3-11-22(39)12-17)24(16(2)36-15)27(41)38-21-10-5-8-19(14-21)29(33,34)35/h3-14,25,36,39H,1-2H3,(H,37,40)(H,38,41). The molecular formula is C29H23F6N3O3. The molecule has 1 aliphatic heterocycles. The topological polar surface area (TPSA) is 90.5 Å². The minimum absolute atomic E-state index is 0.0483. The molecule has 214 valence electrons. The van der Waals surface area contributed by atoms with Gasteiger partial charge in [0.2, 0.25) is 0 Å². The van der Waals surface area contributed by atoms with Crippen molar-refractivity contribution in [2.75, 3.05) is 10.6 Å². The van der Waals surface area contributed by atoms with Crippen molar-refractivity contribution in [2.45, 2.75) is 32.1 Å². The first kappa shape index (κ1) is 29.2. The van der Waals surface area contributed by atoms with E-state index in [1.54, 1.807) is 0 Å². The molecule has 0 radical (unpaired) electrons. The Hall–Kier alpha value is -4.74. The van der Waals surface area contributed by atoms with Crippen LogP contribution in [0.5, 0.6) is 5.75 Å². The summed E-state index contributed by atoms with van der Waals surface area (Å²) in [6.07, 6.45) is -9.30. The molecule has 3 aromatic carbocycles. The van der Waals surface area contributed by atoms with E-state index in [-0.39, 0.29) is 45.2 Å². The van der Waals surface area contributed by atoms with Crippen molar-refractivity contribution in [3.63, 3.8) is 0 Å². The van der Waals surface area contributed by atoms with E-state index in [0.717, 1.165) is 36.4 Å². The zero-order chi connectivity index (χ0) is 30.1. The lowest BCUT2D eigenvalue weighted by Gasteiger charge is -2.31. The molecule has 0 fully saturated rings.